The molecule has 2 rings (SSSR count). The lowest BCUT2D eigenvalue weighted by Gasteiger charge is -2.43. The van der Waals surface area contributed by atoms with Crippen LogP contribution in [-0.4, -0.2) is 27.4 Å². The molecule has 0 atom stereocenters. The standard InChI is InChI=1S/C19H25F2NOSi/c1-18(2,3)24(16-10-6-4-7-11-16,17-12-8-5-9-13-17)23-15-19(20,21)14-22/h4-13H,14-15,22H2,1-3H3. The van der Waals surface area contributed by atoms with Gasteiger partial charge in [0.2, 0.25) is 0 Å². The van der Waals surface area contributed by atoms with Crippen molar-refractivity contribution in [2.24, 2.45) is 5.73 Å². The summed E-state index contributed by atoms with van der Waals surface area (Å²) in [5.74, 6) is -3.03. The molecular weight excluding hydrogens is 324 g/mol. The fourth-order valence-corrected chi connectivity index (χ4v) is 7.62. The highest BCUT2D eigenvalue weighted by molar-refractivity contribution is 6.99. The zero-order chi connectivity index (χ0) is 17.8. The van der Waals surface area contributed by atoms with E-state index in [1.54, 1.807) is 0 Å². The van der Waals surface area contributed by atoms with E-state index in [1.165, 1.54) is 0 Å². The van der Waals surface area contributed by atoms with Crippen LogP contribution in [0.25, 0.3) is 0 Å². The second kappa shape index (κ2) is 7.13. The quantitative estimate of drug-likeness (QED) is 0.813. The average Bonchev–Trinajstić information content (AvgIpc) is 2.56. The normalized spacial score (nSPS) is 13.1. The summed E-state index contributed by atoms with van der Waals surface area (Å²) in [6, 6.07) is 19.5. The second-order valence-electron chi connectivity index (χ2n) is 7.01. The highest BCUT2D eigenvalue weighted by Crippen LogP contribution is 2.37. The highest BCUT2D eigenvalue weighted by Gasteiger charge is 2.51. The Labute approximate surface area is 143 Å². The summed E-state index contributed by atoms with van der Waals surface area (Å²) >= 11 is 0. The van der Waals surface area contributed by atoms with E-state index < -0.39 is 27.4 Å². The van der Waals surface area contributed by atoms with Gasteiger partial charge in [-0.05, 0) is 15.4 Å². The van der Waals surface area contributed by atoms with Gasteiger partial charge >= 0.3 is 0 Å². The Kier molecular flexibility index (Phi) is 5.58. The maximum Gasteiger partial charge on any atom is 0.281 e. The molecule has 2 N–H and O–H groups in total. The van der Waals surface area contributed by atoms with Gasteiger partial charge in [0.25, 0.3) is 14.2 Å². The third-order valence-corrected chi connectivity index (χ3v) is 9.20. The van der Waals surface area contributed by atoms with Gasteiger partial charge in [-0.25, -0.2) is 8.78 Å². The van der Waals surface area contributed by atoms with Gasteiger partial charge in [-0.2, -0.15) is 0 Å². The smallest absolute Gasteiger partial charge is 0.281 e. The van der Waals surface area contributed by atoms with Crippen LogP contribution in [0, 0.1) is 0 Å². The molecule has 0 aliphatic carbocycles. The topological polar surface area (TPSA) is 35.2 Å². The van der Waals surface area contributed by atoms with E-state index in [-0.39, 0.29) is 5.04 Å². The molecule has 0 aromatic heterocycles. The predicted molar refractivity (Wildman–Crippen MR) is 97.6 cm³/mol. The molecule has 0 unspecified atom stereocenters. The van der Waals surface area contributed by atoms with Crippen molar-refractivity contribution in [3.8, 4) is 0 Å². The van der Waals surface area contributed by atoms with Crippen LogP contribution >= 0.6 is 0 Å². The van der Waals surface area contributed by atoms with Crippen molar-refractivity contribution in [1.29, 1.82) is 0 Å². The van der Waals surface area contributed by atoms with Crippen LogP contribution in [0.1, 0.15) is 20.8 Å². The lowest BCUT2D eigenvalue weighted by Crippen LogP contribution is -2.67. The van der Waals surface area contributed by atoms with Gasteiger partial charge < -0.3 is 10.2 Å². The van der Waals surface area contributed by atoms with Crippen LogP contribution in [0.4, 0.5) is 8.78 Å². The summed E-state index contributed by atoms with van der Waals surface area (Å²) in [6.07, 6.45) is 0. The number of alkyl halides is 2. The van der Waals surface area contributed by atoms with E-state index in [9.17, 15) is 8.78 Å². The fourth-order valence-electron chi connectivity index (χ4n) is 3.03. The van der Waals surface area contributed by atoms with E-state index in [2.05, 4.69) is 20.8 Å². The Morgan fingerprint density at radius 3 is 1.62 bits per heavy atom. The van der Waals surface area contributed by atoms with E-state index in [0.29, 0.717) is 0 Å². The van der Waals surface area contributed by atoms with Crippen LogP contribution in [-0.2, 0) is 4.43 Å². The predicted octanol–water partition coefficient (Wildman–Crippen LogP) is 3.16. The van der Waals surface area contributed by atoms with Crippen molar-refractivity contribution in [2.45, 2.75) is 31.7 Å². The fraction of sp³-hybridized carbons (Fsp3) is 0.368. The Hall–Kier alpha value is -1.56. The zero-order valence-corrected chi connectivity index (χ0v) is 15.4. The molecule has 0 saturated carbocycles. The van der Waals surface area contributed by atoms with Crippen LogP contribution in [0.15, 0.2) is 60.7 Å². The van der Waals surface area contributed by atoms with Crippen LogP contribution < -0.4 is 16.1 Å². The number of nitrogens with two attached hydrogens (primary N) is 1. The van der Waals surface area contributed by atoms with Gasteiger partial charge in [0.1, 0.15) is 0 Å². The number of halogens is 2. The van der Waals surface area contributed by atoms with Gasteiger partial charge in [-0.15, -0.1) is 0 Å². The van der Waals surface area contributed by atoms with Gasteiger partial charge in [-0.3, -0.25) is 0 Å². The summed E-state index contributed by atoms with van der Waals surface area (Å²) in [5, 5.41) is 1.65. The first-order valence-electron chi connectivity index (χ1n) is 8.06. The lowest BCUT2D eigenvalue weighted by molar-refractivity contribution is -0.0350. The summed E-state index contributed by atoms with van der Waals surface area (Å²) in [6.45, 7) is 4.78. The molecule has 0 radical (unpaired) electrons. The molecule has 5 heteroatoms. The number of benzene rings is 2. The monoisotopic (exact) mass is 349 g/mol. The minimum absolute atomic E-state index is 0.319. The molecule has 0 spiro atoms. The average molecular weight is 349 g/mol. The molecule has 2 nitrogen and oxygen atoms in total. The largest absolute Gasteiger partial charge is 0.401 e. The van der Waals surface area contributed by atoms with Gasteiger partial charge in [0, 0.05) is 0 Å². The van der Waals surface area contributed by atoms with Crippen molar-refractivity contribution in [3.63, 3.8) is 0 Å². The maximum absolute atomic E-state index is 13.9. The zero-order valence-electron chi connectivity index (χ0n) is 14.4. The summed E-state index contributed by atoms with van der Waals surface area (Å²) < 4.78 is 33.9. The Bertz CT molecular complexity index is 602. The van der Waals surface area contributed by atoms with Crippen molar-refractivity contribution in [2.75, 3.05) is 13.2 Å². The summed E-state index contributed by atoms with van der Waals surface area (Å²) in [5.41, 5.74) is 5.21. The summed E-state index contributed by atoms with van der Waals surface area (Å²) in [7, 11) is -2.91. The van der Waals surface area contributed by atoms with Crippen molar-refractivity contribution < 1.29 is 13.2 Å². The van der Waals surface area contributed by atoms with E-state index in [1.807, 2.05) is 60.7 Å². The first-order valence-corrected chi connectivity index (χ1v) is 9.97. The third-order valence-electron chi connectivity index (χ3n) is 4.22. The van der Waals surface area contributed by atoms with Crippen LogP contribution in [0.2, 0.25) is 5.04 Å². The van der Waals surface area contributed by atoms with Crippen molar-refractivity contribution in [3.05, 3.63) is 60.7 Å². The number of rotatable bonds is 6. The summed E-state index contributed by atoms with van der Waals surface area (Å²) in [4.78, 5) is 0. The highest BCUT2D eigenvalue weighted by atomic mass is 28.4. The van der Waals surface area contributed by atoms with Crippen LogP contribution in [0.5, 0.6) is 0 Å². The van der Waals surface area contributed by atoms with E-state index in [0.717, 1.165) is 10.4 Å². The minimum atomic E-state index is -3.03. The Morgan fingerprint density at radius 2 is 1.29 bits per heavy atom. The van der Waals surface area contributed by atoms with Crippen molar-refractivity contribution >= 4 is 18.7 Å². The molecule has 0 amide bonds. The third kappa shape index (κ3) is 3.74. The first-order chi connectivity index (χ1) is 11.2. The number of hydrogen-bond donors (Lipinski definition) is 1. The molecule has 0 aliphatic heterocycles. The first kappa shape index (κ1) is 18.8. The molecule has 2 aromatic rings. The van der Waals surface area contributed by atoms with Gasteiger partial charge in [0.05, 0.1) is 13.2 Å². The maximum atomic E-state index is 13.9. The van der Waals surface area contributed by atoms with Crippen molar-refractivity contribution in [1.82, 2.24) is 0 Å². The molecule has 0 heterocycles. The lowest BCUT2D eigenvalue weighted by atomic mass is 10.2. The second-order valence-corrected chi connectivity index (χ2v) is 11.3. The molecule has 0 fully saturated rings. The minimum Gasteiger partial charge on any atom is -0.401 e. The molecule has 0 saturated heterocycles. The molecular formula is C19H25F2NOSi. The van der Waals surface area contributed by atoms with Gasteiger partial charge in [0.15, 0.2) is 0 Å². The number of hydrogen-bond acceptors (Lipinski definition) is 2. The molecule has 24 heavy (non-hydrogen) atoms. The van der Waals surface area contributed by atoms with Gasteiger partial charge in [-0.1, -0.05) is 81.4 Å². The molecule has 130 valence electrons. The molecule has 2 aromatic carbocycles. The van der Waals surface area contributed by atoms with E-state index in [4.69, 9.17) is 10.2 Å². The SMILES string of the molecule is CC(C)(C)[Si](OCC(F)(F)CN)(c1ccccc1)c1ccccc1. The van der Waals surface area contributed by atoms with E-state index >= 15 is 0 Å². The Balaban J connectivity index is 2.62. The van der Waals surface area contributed by atoms with Crippen LogP contribution in [0.3, 0.4) is 0 Å². The Morgan fingerprint density at radius 1 is 0.875 bits per heavy atom. The molecule has 0 aliphatic rings. The molecule has 0 bridgehead atoms.